The van der Waals surface area contributed by atoms with Crippen LogP contribution in [0.15, 0.2) is 77.7 Å². The number of rotatable bonds is 8. The fourth-order valence-electron chi connectivity index (χ4n) is 3.24. The molecule has 1 atom stereocenters. The average Bonchev–Trinajstić information content (AvgIpc) is 2.78. The van der Waals surface area contributed by atoms with Gasteiger partial charge in [-0.3, -0.25) is 9.59 Å². The first kappa shape index (κ1) is 24.4. The van der Waals surface area contributed by atoms with E-state index in [0.717, 1.165) is 5.56 Å². The van der Waals surface area contributed by atoms with Crippen LogP contribution in [0.1, 0.15) is 21.5 Å². The highest BCUT2D eigenvalue weighted by atomic mass is 35.7. The Morgan fingerprint density at radius 1 is 1.00 bits per heavy atom. The van der Waals surface area contributed by atoms with E-state index in [-0.39, 0.29) is 22.9 Å². The zero-order valence-corrected chi connectivity index (χ0v) is 19.3. The minimum atomic E-state index is -3.89. The van der Waals surface area contributed by atoms with Crippen molar-refractivity contribution < 1.29 is 22.4 Å². The Morgan fingerprint density at radius 3 is 2.27 bits per heavy atom. The number of benzene rings is 3. The van der Waals surface area contributed by atoms with Crippen molar-refractivity contribution in [2.75, 3.05) is 11.9 Å². The van der Waals surface area contributed by atoms with Crippen LogP contribution in [0, 0.1) is 18.7 Å². The van der Waals surface area contributed by atoms with Gasteiger partial charge in [0.2, 0.25) is 5.91 Å². The van der Waals surface area contributed by atoms with E-state index in [1.54, 1.807) is 6.92 Å². The maximum Gasteiger partial charge on any atom is 0.261 e. The van der Waals surface area contributed by atoms with E-state index in [0.29, 0.717) is 17.7 Å². The molecular formula is C24H22ClFN2O4S. The topological polar surface area (TPSA) is 92.3 Å². The van der Waals surface area contributed by atoms with E-state index in [4.69, 9.17) is 10.7 Å². The second-order valence-corrected chi connectivity index (χ2v) is 10.1. The normalized spacial score (nSPS) is 12.1. The first-order chi connectivity index (χ1) is 15.6. The Balaban J connectivity index is 1.76. The van der Waals surface area contributed by atoms with Crippen LogP contribution in [0.3, 0.4) is 0 Å². The predicted octanol–water partition coefficient (Wildman–Crippen LogP) is 4.29. The lowest BCUT2D eigenvalue weighted by molar-refractivity contribution is -0.119. The minimum Gasteiger partial charge on any atom is -0.351 e. The molecule has 6 nitrogen and oxygen atoms in total. The van der Waals surface area contributed by atoms with Gasteiger partial charge in [-0.05, 0) is 66.9 Å². The number of aryl methyl sites for hydroxylation is 1. The van der Waals surface area contributed by atoms with Crippen LogP contribution in [0.5, 0.6) is 0 Å². The molecule has 3 aromatic carbocycles. The van der Waals surface area contributed by atoms with Crippen molar-refractivity contribution in [1.29, 1.82) is 0 Å². The number of anilines is 1. The van der Waals surface area contributed by atoms with Gasteiger partial charge in [-0.15, -0.1) is 0 Å². The first-order valence-corrected chi connectivity index (χ1v) is 12.4. The zero-order valence-electron chi connectivity index (χ0n) is 17.7. The summed E-state index contributed by atoms with van der Waals surface area (Å²) in [6.07, 6.45) is 0.365. The van der Waals surface area contributed by atoms with Crippen LogP contribution in [-0.2, 0) is 20.3 Å². The molecule has 0 aromatic heterocycles. The van der Waals surface area contributed by atoms with Gasteiger partial charge in [-0.1, -0.05) is 30.3 Å². The van der Waals surface area contributed by atoms with Crippen molar-refractivity contribution in [2.24, 2.45) is 5.92 Å². The molecule has 33 heavy (non-hydrogen) atoms. The molecule has 0 aliphatic heterocycles. The summed E-state index contributed by atoms with van der Waals surface area (Å²) in [5.41, 5.74) is 2.16. The van der Waals surface area contributed by atoms with Crippen molar-refractivity contribution >= 4 is 37.2 Å². The summed E-state index contributed by atoms with van der Waals surface area (Å²) >= 11 is 0. The quantitative estimate of drug-likeness (QED) is 0.463. The highest BCUT2D eigenvalue weighted by Gasteiger charge is 2.22. The van der Waals surface area contributed by atoms with Crippen LogP contribution in [-0.4, -0.2) is 26.8 Å². The summed E-state index contributed by atoms with van der Waals surface area (Å²) in [4.78, 5) is 25.5. The lowest BCUT2D eigenvalue weighted by atomic mass is 9.97. The van der Waals surface area contributed by atoms with E-state index in [9.17, 15) is 22.4 Å². The number of hydrogen-bond donors (Lipinski definition) is 2. The molecule has 2 N–H and O–H groups in total. The number of nitrogens with one attached hydrogen (secondary N) is 2. The molecule has 0 fully saturated rings. The van der Waals surface area contributed by atoms with Gasteiger partial charge in [0.05, 0.1) is 10.8 Å². The SMILES string of the molecule is Cc1cc(S(=O)(=O)Cl)ccc1NC(=O)[C@@H](CNC(=O)c1ccc(F)cc1)Cc1ccccc1. The third-order valence-electron chi connectivity index (χ3n) is 5.05. The Bertz CT molecular complexity index is 1250. The Morgan fingerprint density at radius 2 is 1.67 bits per heavy atom. The zero-order chi connectivity index (χ0) is 24.0. The Hall–Kier alpha value is -3.23. The van der Waals surface area contributed by atoms with E-state index in [1.807, 2.05) is 30.3 Å². The molecule has 0 spiro atoms. The Labute approximate surface area is 196 Å². The summed E-state index contributed by atoms with van der Waals surface area (Å²) in [6.45, 7) is 1.70. The van der Waals surface area contributed by atoms with Crippen molar-refractivity contribution in [3.63, 3.8) is 0 Å². The maximum atomic E-state index is 13.1. The maximum absolute atomic E-state index is 13.1. The monoisotopic (exact) mass is 488 g/mol. The largest absolute Gasteiger partial charge is 0.351 e. The van der Waals surface area contributed by atoms with Gasteiger partial charge in [0.15, 0.2) is 0 Å². The molecule has 0 saturated heterocycles. The highest BCUT2D eigenvalue weighted by Crippen LogP contribution is 2.23. The predicted molar refractivity (Wildman–Crippen MR) is 125 cm³/mol. The van der Waals surface area contributed by atoms with Crippen LogP contribution in [0.2, 0.25) is 0 Å². The molecule has 0 aliphatic rings. The number of halogens is 2. The van der Waals surface area contributed by atoms with Gasteiger partial charge in [0.25, 0.3) is 15.0 Å². The summed E-state index contributed by atoms with van der Waals surface area (Å²) in [5.74, 6) is -1.83. The van der Waals surface area contributed by atoms with E-state index in [1.165, 1.54) is 42.5 Å². The lowest BCUT2D eigenvalue weighted by Gasteiger charge is -2.19. The van der Waals surface area contributed by atoms with Crippen LogP contribution in [0.4, 0.5) is 10.1 Å². The first-order valence-electron chi connectivity index (χ1n) is 10.1. The third-order valence-corrected chi connectivity index (χ3v) is 6.40. The Kier molecular flexibility index (Phi) is 7.84. The third kappa shape index (κ3) is 6.87. The molecule has 0 radical (unpaired) electrons. The molecule has 3 rings (SSSR count). The number of carbonyl (C=O) groups excluding carboxylic acids is 2. The van der Waals surface area contributed by atoms with Gasteiger partial charge in [-0.2, -0.15) is 0 Å². The second-order valence-electron chi connectivity index (χ2n) is 7.51. The number of hydrogen-bond acceptors (Lipinski definition) is 4. The van der Waals surface area contributed by atoms with Crippen LogP contribution >= 0.6 is 10.7 Å². The summed E-state index contributed by atoms with van der Waals surface area (Å²) in [7, 11) is 1.50. The van der Waals surface area contributed by atoms with Gasteiger partial charge in [0, 0.05) is 28.5 Å². The minimum absolute atomic E-state index is 0.0458. The highest BCUT2D eigenvalue weighted by molar-refractivity contribution is 8.13. The smallest absolute Gasteiger partial charge is 0.261 e. The fourth-order valence-corrected chi connectivity index (χ4v) is 4.07. The van der Waals surface area contributed by atoms with E-state index < -0.39 is 26.7 Å². The number of carbonyl (C=O) groups is 2. The average molecular weight is 489 g/mol. The molecule has 0 saturated carbocycles. The van der Waals surface area contributed by atoms with Crippen LogP contribution < -0.4 is 10.6 Å². The van der Waals surface area contributed by atoms with E-state index >= 15 is 0 Å². The summed E-state index contributed by atoms with van der Waals surface area (Å²) in [5, 5.41) is 5.53. The van der Waals surface area contributed by atoms with Crippen molar-refractivity contribution in [3.8, 4) is 0 Å². The van der Waals surface area contributed by atoms with Gasteiger partial charge < -0.3 is 10.6 Å². The standard InChI is InChI=1S/C24H22ClFN2O4S/c1-16-13-21(33(25,31)32)11-12-22(16)28-24(30)19(14-17-5-3-2-4-6-17)15-27-23(29)18-7-9-20(26)10-8-18/h2-13,19H,14-15H2,1H3,(H,27,29)(H,28,30)/t19-/m1/s1. The summed E-state index contributed by atoms with van der Waals surface area (Å²) in [6, 6.07) is 18.6. The molecule has 172 valence electrons. The molecular weight excluding hydrogens is 467 g/mol. The summed E-state index contributed by atoms with van der Waals surface area (Å²) < 4.78 is 36.2. The molecule has 0 heterocycles. The molecule has 0 aliphatic carbocycles. The molecule has 0 bridgehead atoms. The number of amides is 2. The van der Waals surface area contributed by atoms with Gasteiger partial charge in [0.1, 0.15) is 5.82 Å². The lowest BCUT2D eigenvalue weighted by Crippen LogP contribution is -2.37. The molecule has 9 heteroatoms. The van der Waals surface area contributed by atoms with Crippen LogP contribution in [0.25, 0.3) is 0 Å². The second kappa shape index (κ2) is 10.6. The van der Waals surface area contributed by atoms with Crippen molar-refractivity contribution in [3.05, 3.63) is 95.3 Å². The molecule has 2 amide bonds. The van der Waals surface area contributed by atoms with E-state index in [2.05, 4.69) is 10.6 Å². The molecule has 3 aromatic rings. The molecule has 0 unspecified atom stereocenters. The van der Waals surface area contributed by atoms with Gasteiger partial charge >= 0.3 is 0 Å². The van der Waals surface area contributed by atoms with Crippen molar-refractivity contribution in [2.45, 2.75) is 18.2 Å². The van der Waals surface area contributed by atoms with Gasteiger partial charge in [-0.25, -0.2) is 12.8 Å². The fraction of sp³-hybridized carbons (Fsp3) is 0.167. The van der Waals surface area contributed by atoms with Crippen molar-refractivity contribution in [1.82, 2.24) is 5.32 Å².